The molecule has 3 aliphatic heterocycles. The van der Waals surface area contributed by atoms with Crippen molar-refractivity contribution in [2.75, 3.05) is 6.54 Å². The summed E-state index contributed by atoms with van der Waals surface area (Å²) in [5, 5.41) is 5.85. The second kappa shape index (κ2) is 12.1. The molecular formula is C31H42N4O6. The van der Waals surface area contributed by atoms with Gasteiger partial charge in [0.25, 0.3) is 0 Å². The van der Waals surface area contributed by atoms with Crippen molar-refractivity contribution in [2.24, 2.45) is 5.92 Å². The Labute approximate surface area is 241 Å². The Morgan fingerprint density at radius 2 is 1.76 bits per heavy atom. The highest BCUT2D eigenvalue weighted by Crippen LogP contribution is 2.33. The zero-order chi connectivity index (χ0) is 29.1. The second-order valence-corrected chi connectivity index (χ2v) is 12.7. The van der Waals surface area contributed by atoms with Crippen LogP contribution in [0.3, 0.4) is 0 Å². The topological polar surface area (TPSA) is 117 Å². The van der Waals surface area contributed by atoms with Crippen molar-refractivity contribution >= 4 is 24.0 Å². The fourth-order valence-corrected chi connectivity index (χ4v) is 5.89. The molecule has 4 aliphatic rings. The molecule has 5 atom stereocenters. The minimum Gasteiger partial charge on any atom is -0.444 e. The number of benzene rings is 1. The van der Waals surface area contributed by atoms with Gasteiger partial charge in [0, 0.05) is 25.6 Å². The van der Waals surface area contributed by atoms with E-state index in [-0.39, 0.29) is 30.8 Å². The van der Waals surface area contributed by atoms with E-state index in [1.165, 1.54) is 4.90 Å². The molecule has 222 valence electrons. The number of rotatable bonds is 2. The van der Waals surface area contributed by atoms with Gasteiger partial charge in [0.2, 0.25) is 11.8 Å². The molecule has 41 heavy (non-hydrogen) atoms. The molecular weight excluding hydrogens is 524 g/mol. The Morgan fingerprint density at radius 1 is 1.02 bits per heavy atom. The standard InChI is InChI=1S/C31H42N4O6/c1-31(2,3)41-29(38)33-24-14-8-6-4-5-7-11-20-15-25(20)32-27(36)26-16-23(19-35(26)28(24)37)40-30(39)34-17-21-12-9-10-13-22(21)18-34/h7,9-13,20,23-26H,4-6,8,14-19H2,1-3H3,(H,32,36)(H,33,38)/b11-7-/t20-,23-,24+,25-,26?/m1/s1. The van der Waals surface area contributed by atoms with Gasteiger partial charge in [-0.25, -0.2) is 9.59 Å². The van der Waals surface area contributed by atoms with E-state index in [1.54, 1.807) is 25.7 Å². The van der Waals surface area contributed by atoms with Gasteiger partial charge in [0.15, 0.2) is 0 Å². The van der Waals surface area contributed by atoms with Gasteiger partial charge in [-0.05, 0) is 63.5 Å². The molecule has 3 heterocycles. The number of nitrogens with zero attached hydrogens (tertiary/aromatic N) is 2. The molecule has 1 aliphatic carbocycles. The molecule has 1 aromatic carbocycles. The van der Waals surface area contributed by atoms with Gasteiger partial charge in [-0.15, -0.1) is 0 Å². The van der Waals surface area contributed by atoms with Crippen LogP contribution in [0.15, 0.2) is 36.4 Å². The molecule has 1 unspecified atom stereocenters. The van der Waals surface area contributed by atoms with Crippen LogP contribution in [0.4, 0.5) is 9.59 Å². The van der Waals surface area contributed by atoms with Crippen LogP contribution in [-0.2, 0) is 32.2 Å². The Morgan fingerprint density at radius 3 is 2.46 bits per heavy atom. The van der Waals surface area contributed by atoms with Crippen LogP contribution in [0, 0.1) is 5.92 Å². The summed E-state index contributed by atoms with van der Waals surface area (Å²) in [6.45, 7) is 6.32. The lowest BCUT2D eigenvalue weighted by atomic mass is 10.0. The molecule has 0 spiro atoms. The van der Waals surface area contributed by atoms with E-state index >= 15 is 0 Å². The highest BCUT2D eigenvalue weighted by Gasteiger charge is 2.46. The summed E-state index contributed by atoms with van der Waals surface area (Å²) in [5.74, 6) is -0.303. The monoisotopic (exact) mass is 566 g/mol. The summed E-state index contributed by atoms with van der Waals surface area (Å²) in [7, 11) is 0. The molecule has 1 aromatic rings. The molecule has 1 saturated carbocycles. The van der Waals surface area contributed by atoms with E-state index in [2.05, 4.69) is 22.8 Å². The predicted molar refractivity (Wildman–Crippen MR) is 151 cm³/mol. The van der Waals surface area contributed by atoms with Crippen molar-refractivity contribution in [2.45, 2.75) is 109 Å². The molecule has 0 aromatic heterocycles. The lowest BCUT2D eigenvalue weighted by Crippen LogP contribution is -2.54. The molecule has 1 saturated heterocycles. The summed E-state index contributed by atoms with van der Waals surface area (Å²) >= 11 is 0. The van der Waals surface area contributed by atoms with Crippen molar-refractivity contribution in [3.8, 4) is 0 Å². The second-order valence-electron chi connectivity index (χ2n) is 12.7. The third-order valence-electron chi connectivity index (χ3n) is 8.12. The number of ether oxygens (including phenoxy) is 2. The van der Waals surface area contributed by atoms with Crippen LogP contribution in [0.1, 0.15) is 76.8 Å². The van der Waals surface area contributed by atoms with Crippen LogP contribution in [0.5, 0.6) is 0 Å². The molecule has 0 bridgehead atoms. The van der Waals surface area contributed by atoms with Crippen molar-refractivity contribution < 1.29 is 28.7 Å². The third-order valence-corrected chi connectivity index (χ3v) is 8.12. The van der Waals surface area contributed by atoms with E-state index in [0.717, 1.165) is 43.2 Å². The summed E-state index contributed by atoms with van der Waals surface area (Å²) in [6.07, 6.45) is 7.66. The quantitative estimate of drug-likeness (QED) is 0.522. The number of allylic oxidation sites excluding steroid dienone is 1. The van der Waals surface area contributed by atoms with Gasteiger partial charge in [0.05, 0.1) is 6.54 Å². The Hall–Kier alpha value is -3.56. The first-order valence-electron chi connectivity index (χ1n) is 14.9. The van der Waals surface area contributed by atoms with Crippen molar-refractivity contribution in [1.29, 1.82) is 0 Å². The molecule has 4 amide bonds. The van der Waals surface area contributed by atoms with E-state index in [1.807, 2.05) is 24.3 Å². The van der Waals surface area contributed by atoms with Crippen LogP contribution >= 0.6 is 0 Å². The maximum atomic E-state index is 14.0. The first kappa shape index (κ1) is 29.0. The van der Waals surface area contributed by atoms with Gasteiger partial charge < -0.3 is 25.0 Å². The average molecular weight is 567 g/mol. The van der Waals surface area contributed by atoms with Gasteiger partial charge >= 0.3 is 12.2 Å². The van der Waals surface area contributed by atoms with E-state index < -0.39 is 36.0 Å². The fourth-order valence-electron chi connectivity index (χ4n) is 5.89. The molecule has 10 nitrogen and oxygen atoms in total. The molecule has 2 N–H and O–H groups in total. The number of carbonyl (C=O) groups excluding carboxylic acids is 4. The zero-order valence-corrected chi connectivity index (χ0v) is 24.3. The summed E-state index contributed by atoms with van der Waals surface area (Å²) in [5.41, 5.74) is 1.45. The Bertz CT molecular complexity index is 1170. The van der Waals surface area contributed by atoms with Crippen molar-refractivity contribution in [3.05, 3.63) is 47.5 Å². The van der Waals surface area contributed by atoms with Crippen molar-refractivity contribution in [3.63, 3.8) is 0 Å². The van der Waals surface area contributed by atoms with Gasteiger partial charge in [-0.3, -0.25) is 14.5 Å². The minimum atomic E-state index is -0.850. The lowest BCUT2D eigenvalue weighted by molar-refractivity contribution is -0.140. The van der Waals surface area contributed by atoms with E-state index in [4.69, 9.17) is 9.47 Å². The van der Waals surface area contributed by atoms with Gasteiger partial charge in [-0.2, -0.15) is 0 Å². The summed E-state index contributed by atoms with van der Waals surface area (Å²) in [6, 6.07) is 6.28. The number of alkyl carbamates (subject to hydrolysis) is 1. The molecule has 5 rings (SSSR count). The van der Waals surface area contributed by atoms with Crippen LogP contribution in [0.2, 0.25) is 0 Å². The van der Waals surface area contributed by atoms with E-state index in [9.17, 15) is 19.2 Å². The molecule has 0 radical (unpaired) electrons. The number of nitrogens with one attached hydrogen (secondary N) is 2. The van der Waals surface area contributed by atoms with Gasteiger partial charge in [-0.1, -0.05) is 49.3 Å². The first-order valence-corrected chi connectivity index (χ1v) is 14.9. The fraction of sp³-hybridized carbons (Fsp3) is 0.613. The average Bonchev–Trinajstić information content (AvgIpc) is 3.30. The maximum absolute atomic E-state index is 14.0. The van der Waals surface area contributed by atoms with Crippen LogP contribution in [0.25, 0.3) is 0 Å². The first-order chi connectivity index (χ1) is 19.6. The summed E-state index contributed by atoms with van der Waals surface area (Å²) < 4.78 is 11.3. The van der Waals surface area contributed by atoms with E-state index in [0.29, 0.717) is 25.4 Å². The van der Waals surface area contributed by atoms with Gasteiger partial charge in [0.1, 0.15) is 23.8 Å². The number of fused-ring (bicyclic) bond motifs is 3. The SMILES string of the molecule is CC(C)(C)OC(=O)N[C@H]1CCCCC/C=C\[C@@H]2C[C@H]2NC(=O)C2C[C@@H](OC(=O)N3Cc4ccccc4C3)CN2C1=O. The highest BCUT2D eigenvalue weighted by atomic mass is 16.6. The lowest BCUT2D eigenvalue weighted by Gasteiger charge is -2.29. The number of hydrogen-bond donors (Lipinski definition) is 2. The third kappa shape index (κ3) is 7.40. The minimum absolute atomic E-state index is 0.0428. The number of carbonyl (C=O) groups is 4. The van der Waals surface area contributed by atoms with Crippen LogP contribution < -0.4 is 10.6 Å². The van der Waals surface area contributed by atoms with Crippen molar-refractivity contribution in [1.82, 2.24) is 20.4 Å². The Kier molecular flexibility index (Phi) is 8.56. The number of amides is 4. The largest absolute Gasteiger partial charge is 0.444 e. The molecule has 2 fully saturated rings. The zero-order valence-electron chi connectivity index (χ0n) is 24.3. The maximum Gasteiger partial charge on any atom is 0.410 e. The smallest absolute Gasteiger partial charge is 0.410 e. The Balaban J connectivity index is 1.31. The van der Waals surface area contributed by atoms with Crippen LogP contribution in [-0.4, -0.2) is 70.2 Å². The molecule has 10 heteroatoms. The highest BCUT2D eigenvalue weighted by molar-refractivity contribution is 5.92. The normalized spacial score (nSPS) is 29.2. The summed E-state index contributed by atoms with van der Waals surface area (Å²) in [4.78, 5) is 56.3. The predicted octanol–water partition coefficient (Wildman–Crippen LogP) is 4.03. The number of hydrogen-bond acceptors (Lipinski definition) is 6.